The summed E-state index contributed by atoms with van der Waals surface area (Å²) in [6.45, 7) is 2.35. The summed E-state index contributed by atoms with van der Waals surface area (Å²) in [4.78, 5) is 50.8. The van der Waals surface area contributed by atoms with E-state index in [2.05, 4.69) is 0 Å². The molecule has 14 nitrogen and oxygen atoms in total. The van der Waals surface area contributed by atoms with Crippen LogP contribution in [0.5, 0.6) is 11.5 Å². The Hall–Kier alpha value is -4.50. The van der Waals surface area contributed by atoms with Crippen molar-refractivity contribution in [1.29, 1.82) is 0 Å². The molecule has 0 aromatic heterocycles. The average molecular weight is 673 g/mol. The molecule has 0 saturated carbocycles. The minimum atomic E-state index is -1.31. The molecule has 8 atom stereocenters. The van der Waals surface area contributed by atoms with Crippen molar-refractivity contribution in [2.45, 2.75) is 75.9 Å². The quantitative estimate of drug-likeness (QED) is 0.173. The predicted octanol–water partition coefficient (Wildman–Crippen LogP) is 3.40. The van der Waals surface area contributed by atoms with Gasteiger partial charge in [-0.15, -0.1) is 0 Å². The van der Waals surface area contributed by atoms with Gasteiger partial charge < -0.3 is 47.4 Å². The van der Waals surface area contributed by atoms with Crippen molar-refractivity contribution in [2.75, 3.05) is 28.4 Å². The second kappa shape index (κ2) is 17.1. The van der Waals surface area contributed by atoms with Gasteiger partial charge in [0.05, 0.1) is 25.3 Å². The first kappa shape index (κ1) is 36.3. The van der Waals surface area contributed by atoms with Crippen LogP contribution in [0.4, 0.5) is 0 Å². The third-order valence-corrected chi connectivity index (χ3v) is 7.67. The smallest absolute Gasteiger partial charge is 0.338 e. The van der Waals surface area contributed by atoms with E-state index in [-0.39, 0.29) is 18.4 Å². The molecule has 0 bridgehead atoms. The maximum atomic E-state index is 13.4. The average Bonchev–Trinajstić information content (AvgIpc) is 3.09. The Morgan fingerprint density at radius 3 is 1.60 bits per heavy atom. The lowest BCUT2D eigenvalue weighted by Gasteiger charge is -2.44. The van der Waals surface area contributed by atoms with Crippen LogP contribution in [-0.4, -0.2) is 102 Å². The van der Waals surface area contributed by atoms with Gasteiger partial charge in [0.25, 0.3) is 0 Å². The SMILES string of the molecule is COc1ccc(C(=O)O[C@@H]2[C@@H](OC(C)=O)[C@@H](OC(C)=O)[C@H](OC)O[C@H]2CC[C@H]2O[C@H](OC)C=C[C@@H]2OC(=O)c2ccc(OC)cc2)cc1. The zero-order valence-corrected chi connectivity index (χ0v) is 27.5. The van der Waals surface area contributed by atoms with E-state index in [1.54, 1.807) is 48.6 Å². The van der Waals surface area contributed by atoms with Gasteiger partial charge in [0.2, 0.25) is 0 Å². The van der Waals surface area contributed by atoms with Crippen molar-refractivity contribution in [3.8, 4) is 11.5 Å². The Balaban J connectivity index is 1.60. The van der Waals surface area contributed by atoms with Crippen LogP contribution >= 0.6 is 0 Å². The summed E-state index contributed by atoms with van der Waals surface area (Å²) < 4.78 is 56.2. The van der Waals surface area contributed by atoms with E-state index in [0.29, 0.717) is 17.1 Å². The monoisotopic (exact) mass is 672 g/mol. The maximum Gasteiger partial charge on any atom is 0.338 e. The molecule has 260 valence electrons. The van der Waals surface area contributed by atoms with Gasteiger partial charge in [0, 0.05) is 28.1 Å². The van der Waals surface area contributed by atoms with E-state index in [9.17, 15) is 19.2 Å². The first-order valence-electron chi connectivity index (χ1n) is 15.2. The highest BCUT2D eigenvalue weighted by atomic mass is 16.7. The molecule has 0 radical (unpaired) electrons. The number of carbonyl (C=O) groups is 4. The summed E-state index contributed by atoms with van der Waals surface area (Å²) in [5.41, 5.74) is 0.491. The number of rotatable bonds is 13. The zero-order chi connectivity index (χ0) is 34.8. The molecular formula is C34H40O14. The van der Waals surface area contributed by atoms with Crippen molar-refractivity contribution in [3.63, 3.8) is 0 Å². The van der Waals surface area contributed by atoms with Gasteiger partial charge in [0.15, 0.2) is 30.9 Å². The van der Waals surface area contributed by atoms with Crippen molar-refractivity contribution >= 4 is 23.9 Å². The van der Waals surface area contributed by atoms with Crippen LogP contribution < -0.4 is 9.47 Å². The lowest BCUT2D eigenvalue weighted by molar-refractivity contribution is -0.297. The third kappa shape index (κ3) is 9.31. The van der Waals surface area contributed by atoms with Gasteiger partial charge in [-0.05, 0) is 73.5 Å². The standard InChI is InChI=1S/C34H40O14/c1-19(35)43-30-29(48-33(38)22-9-13-24(40-4)14-10-22)27(47-34(42-6)31(30)44-20(2)36)16-15-25-26(17-18-28(41-5)45-25)46-32(37)21-7-11-23(39-3)12-8-21/h7-14,17-18,25-31,34H,15-16H2,1-6H3/t25-,26+,27+,28+,29+,30-,31-,34-/m1/s1. The normalized spacial score (nSPS) is 26.5. The van der Waals surface area contributed by atoms with Crippen molar-refractivity contribution in [3.05, 3.63) is 71.8 Å². The van der Waals surface area contributed by atoms with E-state index in [0.717, 1.165) is 0 Å². The second-order valence-electron chi connectivity index (χ2n) is 10.9. The van der Waals surface area contributed by atoms with Gasteiger partial charge in [-0.25, -0.2) is 9.59 Å². The van der Waals surface area contributed by atoms with Gasteiger partial charge in [-0.2, -0.15) is 0 Å². The summed E-state index contributed by atoms with van der Waals surface area (Å²) in [6.07, 6.45) is -4.69. The van der Waals surface area contributed by atoms with Crippen LogP contribution in [0.15, 0.2) is 60.7 Å². The number of hydrogen-bond acceptors (Lipinski definition) is 14. The second-order valence-corrected chi connectivity index (χ2v) is 10.9. The summed E-state index contributed by atoms with van der Waals surface area (Å²) in [7, 11) is 5.82. The topological polar surface area (TPSA) is 161 Å². The van der Waals surface area contributed by atoms with E-state index in [1.807, 2.05) is 0 Å². The number of hydrogen-bond donors (Lipinski definition) is 0. The van der Waals surface area contributed by atoms with Crippen LogP contribution in [0.25, 0.3) is 0 Å². The Bertz CT molecular complexity index is 1420. The van der Waals surface area contributed by atoms with Crippen LogP contribution in [0.3, 0.4) is 0 Å². The molecule has 1 saturated heterocycles. The summed E-state index contributed by atoms with van der Waals surface area (Å²) in [5.74, 6) is -1.65. The molecule has 2 heterocycles. The van der Waals surface area contributed by atoms with Gasteiger partial charge in [0.1, 0.15) is 29.8 Å². The summed E-state index contributed by atoms with van der Waals surface area (Å²) in [6, 6.07) is 12.7. The van der Waals surface area contributed by atoms with Crippen molar-refractivity contribution in [2.24, 2.45) is 0 Å². The first-order chi connectivity index (χ1) is 23.1. The Labute approximate surface area is 278 Å². The van der Waals surface area contributed by atoms with Gasteiger partial charge in [-0.3, -0.25) is 9.59 Å². The fourth-order valence-electron chi connectivity index (χ4n) is 5.35. The minimum absolute atomic E-state index is 0.122. The van der Waals surface area contributed by atoms with Crippen LogP contribution in [0.1, 0.15) is 47.4 Å². The molecule has 0 unspecified atom stereocenters. The largest absolute Gasteiger partial charge is 0.497 e. The molecule has 2 aromatic carbocycles. The van der Waals surface area contributed by atoms with Gasteiger partial charge in [-0.1, -0.05) is 0 Å². The molecule has 2 aliphatic rings. The van der Waals surface area contributed by atoms with E-state index in [1.165, 1.54) is 54.4 Å². The minimum Gasteiger partial charge on any atom is -0.497 e. The fourth-order valence-corrected chi connectivity index (χ4v) is 5.35. The first-order valence-corrected chi connectivity index (χ1v) is 15.2. The maximum absolute atomic E-state index is 13.4. The molecule has 2 aliphatic heterocycles. The highest BCUT2D eigenvalue weighted by Gasteiger charge is 2.52. The molecule has 0 N–H and O–H groups in total. The molecular weight excluding hydrogens is 632 g/mol. The van der Waals surface area contributed by atoms with E-state index in [4.69, 9.17) is 47.4 Å². The number of ether oxygens (including phenoxy) is 10. The predicted molar refractivity (Wildman–Crippen MR) is 165 cm³/mol. The molecule has 0 spiro atoms. The fraction of sp³-hybridized carbons (Fsp3) is 0.471. The third-order valence-electron chi connectivity index (χ3n) is 7.67. The Morgan fingerprint density at radius 2 is 1.10 bits per heavy atom. The molecule has 0 amide bonds. The van der Waals surface area contributed by atoms with Gasteiger partial charge >= 0.3 is 23.9 Å². The molecule has 4 rings (SSSR count). The van der Waals surface area contributed by atoms with Crippen LogP contribution in [0.2, 0.25) is 0 Å². The highest BCUT2D eigenvalue weighted by molar-refractivity contribution is 5.90. The van der Waals surface area contributed by atoms with Crippen molar-refractivity contribution in [1.82, 2.24) is 0 Å². The van der Waals surface area contributed by atoms with Crippen LogP contribution in [-0.2, 0) is 47.5 Å². The zero-order valence-electron chi connectivity index (χ0n) is 27.5. The molecule has 48 heavy (non-hydrogen) atoms. The summed E-state index contributed by atoms with van der Waals surface area (Å²) in [5, 5.41) is 0. The molecule has 2 aromatic rings. The van der Waals surface area contributed by atoms with Crippen LogP contribution in [0, 0.1) is 0 Å². The number of esters is 4. The number of methoxy groups -OCH3 is 4. The Morgan fingerprint density at radius 1 is 0.583 bits per heavy atom. The van der Waals surface area contributed by atoms with E-state index >= 15 is 0 Å². The molecule has 1 fully saturated rings. The summed E-state index contributed by atoms with van der Waals surface area (Å²) >= 11 is 0. The Kier molecular flexibility index (Phi) is 12.9. The molecule has 0 aliphatic carbocycles. The highest BCUT2D eigenvalue weighted by Crippen LogP contribution is 2.33. The number of benzene rings is 2. The van der Waals surface area contributed by atoms with Crippen molar-refractivity contribution < 1.29 is 66.5 Å². The lowest BCUT2D eigenvalue weighted by atomic mass is 9.92. The lowest BCUT2D eigenvalue weighted by Crippen LogP contribution is -2.61. The number of carbonyl (C=O) groups excluding carboxylic acids is 4. The molecule has 14 heteroatoms. The van der Waals surface area contributed by atoms with E-state index < -0.39 is 73.1 Å².